The molecule has 0 aliphatic rings. The fourth-order valence-corrected chi connectivity index (χ4v) is 6.62. The molecule has 6 aromatic rings. The summed E-state index contributed by atoms with van der Waals surface area (Å²) in [5, 5.41) is 11.2. The Morgan fingerprint density at radius 1 is 0.476 bits per heavy atom. The maximum atomic E-state index is 8.81. The van der Waals surface area contributed by atoms with Gasteiger partial charge in [-0.15, -0.1) is 0 Å². The van der Waals surface area contributed by atoms with Crippen LogP contribution < -0.4 is 15.5 Å². The van der Waals surface area contributed by atoms with Crippen molar-refractivity contribution in [3.05, 3.63) is 138 Å². The van der Waals surface area contributed by atoms with E-state index in [1.807, 2.05) is 81.4 Å². The van der Waals surface area contributed by atoms with Crippen LogP contribution in [0, 0.1) is 79.4 Å². The number of hydrogen-bond acceptors (Lipinski definition) is 9. The zero-order valence-electron chi connectivity index (χ0n) is 42.7. The van der Waals surface area contributed by atoms with Gasteiger partial charge in [-0.25, -0.2) is 19.9 Å². The van der Waals surface area contributed by atoms with E-state index in [2.05, 4.69) is 134 Å². The normalized spacial score (nSPS) is 9.32. The van der Waals surface area contributed by atoms with Gasteiger partial charge in [0, 0.05) is 42.9 Å². The van der Waals surface area contributed by atoms with Crippen LogP contribution in [0.3, 0.4) is 0 Å². The largest absolute Gasteiger partial charge is 0.355 e. The summed E-state index contributed by atoms with van der Waals surface area (Å²) in [6, 6.07) is 21.0. The fraction of sp³-hybridized carbons (Fsp3) is 0.472. The van der Waals surface area contributed by atoms with E-state index >= 15 is 0 Å². The van der Waals surface area contributed by atoms with E-state index in [0.29, 0.717) is 0 Å². The number of hydrogen-bond donors (Lipinski definition) is 1. The molecular weight excluding hydrogens is 781 g/mol. The van der Waals surface area contributed by atoms with Crippen molar-refractivity contribution in [2.75, 3.05) is 38.0 Å². The van der Waals surface area contributed by atoms with Gasteiger partial charge in [0.25, 0.3) is 0 Å². The van der Waals surface area contributed by atoms with Crippen molar-refractivity contribution in [2.24, 2.45) is 5.73 Å². The SMILES string of the molecule is C.CC.CC.CC.CC.CN.C[N+](=O)[O-].Cc1nc(N(C)Cc2ccccc2)c2c(C)c(C)c(C)c(C)c2n1.Cc1nc(N(C)Cc2ccccc2)c2c(C)c(C)c(C)c(C)c2n1. The Kier molecular flexibility index (Phi) is 31.6. The van der Waals surface area contributed by atoms with Gasteiger partial charge >= 0.3 is 0 Å². The number of aryl methyl sites for hydroxylation is 6. The van der Waals surface area contributed by atoms with Crippen molar-refractivity contribution in [3.8, 4) is 0 Å². The third-order valence-corrected chi connectivity index (χ3v) is 10.1. The average molecular weight is 867 g/mol. The molecule has 350 valence electrons. The van der Waals surface area contributed by atoms with Crippen LogP contribution in [0.1, 0.15) is 130 Å². The molecule has 0 amide bonds. The summed E-state index contributed by atoms with van der Waals surface area (Å²) in [5.41, 5.74) is 19.6. The first-order valence-electron chi connectivity index (χ1n) is 22.2. The first-order valence-corrected chi connectivity index (χ1v) is 22.2. The van der Waals surface area contributed by atoms with E-state index in [-0.39, 0.29) is 7.43 Å². The van der Waals surface area contributed by atoms with Crippen LogP contribution in [0.5, 0.6) is 0 Å². The van der Waals surface area contributed by atoms with Crippen LogP contribution in [0.25, 0.3) is 21.8 Å². The average Bonchev–Trinajstić information content (AvgIpc) is 3.29. The van der Waals surface area contributed by atoms with Crippen molar-refractivity contribution >= 4 is 33.4 Å². The molecule has 10 heteroatoms. The number of nitrogens with zero attached hydrogens (tertiary/aromatic N) is 7. The van der Waals surface area contributed by atoms with Gasteiger partial charge in [-0.1, -0.05) is 123 Å². The molecule has 6 rings (SSSR count). The second kappa shape index (κ2) is 32.2. The van der Waals surface area contributed by atoms with Crippen LogP contribution in [-0.2, 0) is 13.1 Å². The van der Waals surface area contributed by atoms with Crippen molar-refractivity contribution in [1.82, 2.24) is 19.9 Å². The lowest BCUT2D eigenvalue weighted by molar-refractivity contribution is -0.445. The summed E-state index contributed by atoms with van der Waals surface area (Å²) in [6.07, 6.45) is 0. The van der Waals surface area contributed by atoms with Gasteiger partial charge in [-0.2, -0.15) is 0 Å². The van der Waals surface area contributed by atoms with Gasteiger partial charge in [-0.3, -0.25) is 10.1 Å². The Morgan fingerprint density at radius 2 is 0.714 bits per heavy atom. The van der Waals surface area contributed by atoms with E-state index in [1.165, 1.54) is 73.5 Å². The molecule has 0 spiro atoms. The molecule has 0 radical (unpaired) electrons. The summed E-state index contributed by atoms with van der Waals surface area (Å²) in [6.45, 7) is 39.1. The maximum absolute atomic E-state index is 8.81. The predicted molar refractivity (Wildman–Crippen MR) is 279 cm³/mol. The molecule has 0 saturated carbocycles. The molecule has 4 aromatic carbocycles. The van der Waals surface area contributed by atoms with Gasteiger partial charge < -0.3 is 15.5 Å². The van der Waals surface area contributed by atoms with Gasteiger partial charge in [0.2, 0.25) is 0 Å². The summed E-state index contributed by atoms with van der Waals surface area (Å²) < 4.78 is 0. The third-order valence-electron chi connectivity index (χ3n) is 10.1. The molecule has 0 saturated heterocycles. The van der Waals surface area contributed by atoms with Crippen molar-refractivity contribution < 1.29 is 4.92 Å². The highest BCUT2D eigenvalue weighted by atomic mass is 16.6. The maximum Gasteiger partial charge on any atom is 0.194 e. The molecule has 0 unspecified atom stereocenters. The minimum atomic E-state index is -0.500. The van der Waals surface area contributed by atoms with Crippen LogP contribution in [0.4, 0.5) is 11.6 Å². The van der Waals surface area contributed by atoms with E-state index < -0.39 is 4.92 Å². The van der Waals surface area contributed by atoms with Crippen LogP contribution in [0.15, 0.2) is 60.7 Å². The number of fused-ring (bicyclic) bond motifs is 2. The minimum absolute atomic E-state index is 0. The lowest BCUT2D eigenvalue weighted by Gasteiger charge is -2.23. The summed E-state index contributed by atoms with van der Waals surface area (Å²) in [4.78, 5) is 31.8. The molecule has 0 aliphatic heterocycles. The molecule has 2 heterocycles. The summed E-state index contributed by atoms with van der Waals surface area (Å²) >= 11 is 0. The molecule has 2 N–H and O–H groups in total. The Bertz CT molecular complexity index is 2070. The molecular formula is C53H86N8O2. The second-order valence-corrected chi connectivity index (χ2v) is 13.8. The highest BCUT2D eigenvalue weighted by molar-refractivity contribution is 5.97. The smallest absolute Gasteiger partial charge is 0.194 e. The third kappa shape index (κ3) is 17.3. The molecule has 0 fully saturated rings. The zero-order chi connectivity index (χ0) is 48.4. The standard InChI is InChI=1S/2C21H25N3.4C2H6.CH3NO2.CH5N.CH4/c2*1-13-14(2)16(4)20-19(15(13)3)21(23-17(5)22-20)24(6)12-18-10-8-7-9-11-18;4*1-2;1-2(3)4;1-2;/h2*7-11H,12H2,1-6H3;4*1-2H3;1H3;2H2,1H3;1H4. The lowest BCUT2D eigenvalue weighted by Crippen LogP contribution is -2.19. The molecule has 63 heavy (non-hydrogen) atoms. The summed E-state index contributed by atoms with van der Waals surface area (Å²) in [7, 11) is 6.61. The number of anilines is 2. The lowest BCUT2D eigenvalue weighted by atomic mass is 9.94. The highest BCUT2D eigenvalue weighted by Crippen LogP contribution is 2.35. The topological polar surface area (TPSA) is 127 Å². The molecule has 0 atom stereocenters. The number of rotatable bonds is 6. The monoisotopic (exact) mass is 867 g/mol. The molecule has 0 bridgehead atoms. The minimum Gasteiger partial charge on any atom is -0.355 e. The van der Waals surface area contributed by atoms with Crippen LogP contribution in [0.2, 0.25) is 0 Å². The molecule has 10 nitrogen and oxygen atoms in total. The quantitative estimate of drug-likeness (QED) is 0.129. The highest BCUT2D eigenvalue weighted by Gasteiger charge is 2.19. The van der Waals surface area contributed by atoms with Gasteiger partial charge in [0.1, 0.15) is 23.3 Å². The van der Waals surface area contributed by atoms with Gasteiger partial charge in [0.15, 0.2) is 7.05 Å². The van der Waals surface area contributed by atoms with Crippen LogP contribution >= 0.6 is 0 Å². The Labute approximate surface area is 384 Å². The van der Waals surface area contributed by atoms with Crippen LogP contribution in [-0.4, -0.2) is 53.0 Å². The first kappa shape index (κ1) is 61.8. The van der Waals surface area contributed by atoms with Crippen molar-refractivity contribution in [3.63, 3.8) is 0 Å². The molecule has 2 aromatic heterocycles. The van der Waals surface area contributed by atoms with E-state index in [1.54, 1.807) is 0 Å². The number of nitrogens with two attached hydrogens (primary N) is 1. The number of benzene rings is 4. The Balaban J connectivity index is -0.000000880. The number of nitro groups is 1. The van der Waals surface area contributed by atoms with Gasteiger partial charge in [0.05, 0.1) is 11.0 Å². The van der Waals surface area contributed by atoms with E-state index in [0.717, 1.165) is 54.5 Å². The zero-order valence-corrected chi connectivity index (χ0v) is 42.7. The summed E-state index contributed by atoms with van der Waals surface area (Å²) in [5.74, 6) is 3.68. The predicted octanol–water partition coefficient (Wildman–Crippen LogP) is 13.8. The number of aromatic nitrogens is 4. The second-order valence-electron chi connectivity index (χ2n) is 13.8. The first-order chi connectivity index (χ1) is 29.5. The van der Waals surface area contributed by atoms with Gasteiger partial charge in [-0.05, 0) is 132 Å². The van der Waals surface area contributed by atoms with E-state index in [4.69, 9.17) is 30.1 Å². The van der Waals surface area contributed by atoms with Crippen molar-refractivity contribution in [2.45, 2.75) is 145 Å². The van der Waals surface area contributed by atoms with Crippen molar-refractivity contribution in [1.29, 1.82) is 0 Å². The molecule has 0 aliphatic carbocycles. The fourth-order valence-electron chi connectivity index (χ4n) is 6.62. The Hall–Kier alpha value is -5.48. The van der Waals surface area contributed by atoms with E-state index in [9.17, 15) is 0 Å². The Morgan fingerprint density at radius 3 is 0.968 bits per heavy atom.